The highest BCUT2D eigenvalue weighted by Crippen LogP contribution is 2.53. The van der Waals surface area contributed by atoms with Crippen LogP contribution >= 0.6 is 0 Å². The van der Waals surface area contributed by atoms with Gasteiger partial charge in [-0.2, -0.15) is 10.4 Å². The van der Waals surface area contributed by atoms with Crippen molar-refractivity contribution >= 4 is 16.6 Å². The molecular weight excluding hydrogens is 621 g/mol. The van der Waals surface area contributed by atoms with Gasteiger partial charge in [-0.15, -0.1) is 0 Å². The van der Waals surface area contributed by atoms with E-state index >= 15 is 0 Å². The lowest BCUT2D eigenvalue weighted by Gasteiger charge is -2.41. The number of nitrogens with one attached hydrogen (secondary N) is 1. The van der Waals surface area contributed by atoms with E-state index < -0.39 is 29.7 Å². The third-order valence-corrected chi connectivity index (χ3v) is 11.1. The second kappa shape index (κ2) is 11.5. The normalized spacial score (nSPS) is 27.5. The number of ether oxygens (including phenoxy) is 1. The van der Waals surface area contributed by atoms with Gasteiger partial charge in [0.15, 0.2) is 5.76 Å². The van der Waals surface area contributed by atoms with Crippen molar-refractivity contribution in [3.05, 3.63) is 52.4 Å². The summed E-state index contributed by atoms with van der Waals surface area (Å²) in [5.41, 5.74) is 11.3. The van der Waals surface area contributed by atoms with E-state index in [1.165, 1.54) is 0 Å². The summed E-state index contributed by atoms with van der Waals surface area (Å²) in [7, 11) is 1.88. The monoisotopic (exact) mass is 660 g/mol. The maximum atomic E-state index is 14.6. The molecule has 2 aliphatic carbocycles. The van der Waals surface area contributed by atoms with Crippen LogP contribution in [-0.4, -0.2) is 75.7 Å². The van der Waals surface area contributed by atoms with Gasteiger partial charge in [-0.3, -0.25) is 9.58 Å². The Hall–Kier alpha value is -4.15. The Bertz CT molecular complexity index is 1930. The molecule has 1 aromatic carbocycles. The first-order valence-electron chi connectivity index (χ1n) is 16.9. The lowest BCUT2D eigenvalue weighted by Crippen LogP contribution is -2.44. The lowest BCUT2D eigenvalue weighted by molar-refractivity contribution is -0.0375. The van der Waals surface area contributed by atoms with E-state index in [0.717, 1.165) is 54.6 Å². The van der Waals surface area contributed by atoms with E-state index in [9.17, 15) is 18.4 Å². The summed E-state index contributed by atoms with van der Waals surface area (Å²) >= 11 is 0. The molecule has 3 aromatic heterocycles. The van der Waals surface area contributed by atoms with Crippen molar-refractivity contribution < 1.29 is 22.4 Å². The molecule has 48 heavy (non-hydrogen) atoms. The fraction of sp³-hybridized carbons (Fsp3) is 0.543. The summed E-state index contributed by atoms with van der Waals surface area (Å²) in [4.78, 5) is 6.92. The average molecular weight is 661 g/mol. The van der Waals surface area contributed by atoms with Crippen molar-refractivity contribution in [1.82, 2.24) is 30.1 Å². The van der Waals surface area contributed by atoms with Gasteiger partial charge in [0.1, 0.15) is 24.0 Å². The van der Waals surface area contributed by atoms with Crippen LogP contribution in [0.25, 0.3) is 22.3 Å². The number of halogens is 3. The molecule has 4 aliphatic rings. The summed E-state index contributed by atoms with van der Waals surface area (Å²) in [6.45, 7) is 2.20. The van der Waals surface area contributed by atoms with E-state index in [1.807, 2.05) is 37.1 Å². The third kappa shape index (κ3) is 4.94. The molecule has 5 atom stereocenters. The molecule has 0 amide bonds. The quantitative estimate of drug-likeness (QED) is 0.267. The SMILES string of the molecule is CC(Oc1nc(-c2noc3c2CCCC32CCCc3ccc(N)c(C#N)c32)cc2c1cnn2C1CNCC(F)(F)C1)C1CC(F)CN1C. The molecule has 5 unspecified atom stereocenters. The number of likely N-dealkylation sites (N-methyl/N-ethyl adjacent to an activating group) is 1. The van der Waals surface area contributed by atoms with Gasteiger partial charge >= 0.3 is 0 Å². The zero-order chi connectivity index (χ0) is 33.4. The first-order valence-corrected chi connectivity index (χ1v) is 16.9. The number of nitrogens with zero attached hydrogens (tertiary/aromatic N) is 6. The number of anilines is 1. The van der Waals surface area contributed by atoms with E-state index in [0.29, 0.717) is 59.5 Å². The van der Waals surface area contributed by atoms with Gasteiger partial charge in [0, 0.05) is 36.8 Å². The fourth-order valence-electron chi connectivity index (χ4n) is 8.89. The second-order valence-corrected chi connectivity index (χ2v) is 14.1. The molecule has 0 saturated carbocycles. The van der Waals surface area contributed by atoms with Crippen LogP contribution in [0.15, 0.2) is 28.9 Å². The number of hydrogen-bond donors (Lipinski definition) is 2. The molecule has 1 spiro atoms. The Morgan fingerprint density at radius 3 is 2.79 bits per heavy atom. The van der Waals surface area contributed by atoms with Crippen molar-refractivity contribution in [1.29, 1.82) is 5.26 Å². The van der Waals surface area contributed by atoms with Gasteiger partial charge in [-0.25, -0.2) is 18.2 Å². The molecule has 5 heterocycles. The Kier molecular flexibility index (Phi) is 7.45. The summed E-state index contributed by atoms with van der Waals surface area (Å²) in [6, 6.07) is 7.28. The zero-order valence-electron chi connectivity index (χ0n) is 27.1. The number of pyridine rings is 1. The number of alkyl halides is 3. The molecule has 4 aromatic rings. The van der Waals surface area contributed by atoms with Crippen molar-refractivity contribution in [3.63, 3.8) is 0 Å². The molecule has 13 heteroatoms. The number of piperidine rings is 1. The largest absolute Gasteiger partial charge is 0.472 e. The number of fused-ring (bicyclic) bond motifs is 5. The van der Waals surface area contributed by atoms with Gasteiger partial charge in [0.2, 0.25) is 5.88 Å². The molecule has 252 valence electrons. The molecular formula is C35H39F3N8O2. The van der Waals surface area contributed by atoms with Crippen LogP contribution in [0, 0.1) is 11.3 Å². The van der Waals surface area contributed by atoms with Gasteiger partial charge < -0.3 is 20.3 Å². The number of hydrogen-bond acceptors (Lipinski definition) is 9. The molecule has 2 fully saturated rings. The number of rotatable bonds is 5. The lowest BCUT2D eigenvalue weighted by atomic mass is 9.61. The number of benzene rings is 1. The number of nitrogen functional groups attached to an aromatic ring is 1. The van der Waals surface area contributed by atoms with Crippen LogP contribution in [-0.2, 0) is 18.3 Å². The van der Waals surface area contributed by atoms with Crippen LogP contribution in [0.2, 0.25) is 0 Å². The van der Waals surface area contributed by atoms with Crippen LogP contribution in [0.5, 0.6) is 5.88 Å². The van der Waals surface area contributed by atoms with Crippen molar-refractivity contribution in [2.24, 2.45) is 0 Å². The first-order chi connectivity index (χ1) is 23.1. The summed E-state index contributed by atoms with van der Waals surface area (Å²) < 4.78 is 57.9. The fourth-order valence-corrected chi connectivity index (χ4v) is 8.89. The molecule has 2 saturated heterocycles. The number of aromatic nitrogens is 4. The van der Waals surface area contributed by atoms with E-state index in [4.69, 9.17) is 20.0 Å². The number of likely N-dealkylation sites (tertiary alicyclic amines) is 1. The van der Waals surface area contributed by atoms with E-state index in [1.54, 1.807) is 10.9 Å². The standard InChI is InChI=1S/C35H39F3N8O2/c1-19(28-11-21(36)17-45(28)2)47-33-25-16-42-46(22-13-35(37,38)18-41-15-22)29(25)12-27(43-33)31-23-6-4-10-34(32(23)48-44-31)9-3-5-20-7-8-26(40)24(14-39)30(20)34/h7-8,12,16,19,21-22,28,41H,3-6,9-11,13,15,17-18,40H2,1-2H3. The van der Waals surface area contributed by atoms with E-state index in [-0.39, 0.29) is 24.9 Å². The summed E-state index contributed by atoms with van der Waals surface area (Å²) in [5.74, 6) is -1.85. The minimum Gasteiger partial charge on any atom is -0.472 e. The van der Waals surface area contributed by atoms with Crippen LogP contribution in [0.3, 0.4) is 0 Å². The van der Waals surface area contributed by atoms with Crippen LogP contribution in [0.4, 0.5) is 18.9 Å². The second-order valence-electron chi connectivity index (χ2n) is 14.1. The minimum atomic E-state index is -2.87. The van der Waals surface area contributed by atoms with E-state index in [2.05, 4.69) is 21.6 Å². The van der Waals surface area contributed by atoms with Crippen LogP contribution in [0.1, 0.15) is 79.5 Å². The highest BCUT2D eigenvalue weighted by Gasteiger charge is 2.48. The summed E-state index contributed by atoms with van der Waals surface area (Å²) in [6.07, 6.45) is 5.21. The predicted molar refractivity (Wildman–Crippen MR) is 173 cm³/mol. The smallest absolute Gasteiger partial charge is 0.262 e. The Morgan fingerprint density at radius 2 is 2.04 bits per heavy atom. The predicted octanol–water partition coefficient (Wildman–Crippen LogP) is 5.48. The third-order valence-electron chi connectivity index (χ3n) is 11.1. The number of nitrogens with two attached hydrogens (primary N) is 1. The van der Waals surface area contributed by atoms with Crippen molar-refractivity contribution in [2.45, 2.75) is 94.0 Å². The molecule has 8 rings (SSSR count). The highest BCUT2D eigenvalue weighted by molar-refractivity contribution is 5.87. The van der Waals surface area contributed by atoms with Gasteiger partial charge in [0.25, 0.3) is 5.92 Å². The number of nitriles is 1. The van der Waals surface area contributed by atoms with Gasteiger partial charge in [-0.1, -0.05) is 11.2 Å². The number of aryl methyl sites for hydroxylation is 1. The molecule has 0 bridgehead atoms. The summed E-state index contributed by atoms with van der Waals surface area (Å²) in [5, 5.41) is 22.8. The van der Waals surface area contributed by atoms with Crippen molar-refractivity contribution in [3.8, 4) is 23.3 Å². The minimum absolute atomic E-state index is 0.162. The Labute approximate surface area is 276 Å². The Balaban J connectivity index is 1.26. The van der Waals surface area contributed by atoms with Gasteiger partial charge in [-0.05, 0) is 82.2 Å². The maximum absolute atomic E-state index is 14.6. The Morgan fingerprint density at radius 1 is 1.23 bits per heavy atom. The van der Waals surface area contributed by atoms with Crippen molar-refractivity contribution in [2.75, 3.05) is 32.4 Å². The molecule has 3 N–H and O–H groups in total. The van der Waals surface area contributed by atoms with Gasteiger partial charge in [0.05, 0.1) is 46.4 Å². The highest BCUT2D eigenvalue weighted by atomic mass is 19.3. The molecule has 10 nitrogen and oxygen atoms in total. The first kappa shape index (κ1) is 31.1. The average Bonchev–Trinajstić information content (AvgIpc) is 3.78. The molecule has 0 radical (unpaired) electrons. The topological polar surface area (TPSA) is 131 Å². The molecule has 2 aliphatic heterocycles. The maximum Gasteiger partial charge on any atom is 0.262 e. The van der Waals surface area contributed by atoms with Crippen LogP contribution < -0.4 is 15.8 Å². The zero-order valence-corrected chi connectivity index (χ0v) is 27.1.